The monoisotopic (exact) mass is 257 g/mol. The molecular formula is C14H11NO4. The first-order chi connectivity index (χ1) is 9.15. The maximum absolute atomic E-state index is 12.3. The molecule has 1 aromatic carbocycles. The third-order valence-electron chi connectivity index (χ3n) is 4.67. The molecule has 3 aliphatic rings. The Labute approximate surface area is 109 Å². The van der Waals surface area contributed by atoms with Gasteiger partial charge in [-0.05, 0) is 18.4 Å². The van der Waals surface area contributed by atoms with E-state index >= 15 is 0 Å². The highest BCUT2D eigenvalue weighted by Crippen LogP contribution is 2.60. The van der Waals surface area contributed by atoms with Gasteiger partial charge in [-0.3, -0.25) is 10.1 Å². The summed E-state index contributed by atoms with van der Waals surface area (Å²) in [5.74, 6) is -0.924. The number of nitrogens with zero attached hydrogens (tertiary/aromatic N) is 1. The number of ether oxygens (including phenoxy) is 1. The van der Waals surface area contributed by atoms with Crippen LogP contribution in [-0.4, -0.2) is 16.4 Å². The maximum atomic E-state index is 12.3. The molecule has 0 unspecified atom stereocenters. The number of rotatable bonds is 1. The van der Waals surface area contributed by atoms with E-state index in [4.69, 9.17) is 4.74 Å². The molecule has 1 heterocycles. The normalized spacial score (nSPS) is 37.7. The van der Waals surface area contributed by atoms with Gasteiger partial charge in [0.05, 0.1) is 11.8 Å². The van der Waals surface area contributed by atoms with Crippen molar-refractivity contribution < 1.29 is 14.5 Å². The molecule has 1 saturated carbocycles. The van der Waals surface area contributed by atoms with Crippen molar-refractivity contribution in [3.63, 3.8) is 0 Å². The molecule has 0 spiro atoms. The molecule has 19 heavy (non-hydrogen) atoms. The van der Waals surface area contributed by atoms with E-state index in [1.807, 2.05) is 18.2 Å². The van der Waals surface area contributed by atoms with Crippen molar-refractivity contribution in [3.05, 3.63) is 52.1 Å². The lowest BCUT2D eigenvalue weighted by molar-refractivity contribution is -0.564. The molecule has 2 aliphatic carbocycles. The largest absolute Gasteiger partial charge is 0.421 e. The summed E-state index contributed by atoms with van der Waals surface area (Å²) in [5.41, 5.74) is -0.830. The van der Waals surface area contributed by atoms with Crippen LogP contribution in [0.3, 0.4) is 0 Å². The number of carbonyl (C=O) groups is 1. The van der Waals surface area contributed by atoms with E-state index in [1.54, 1.807) is 18.2 Å². The molecule has 0 radical (unpaired) electrons. The van der Waals surface area contributed by atoms with Crippen LogP contribution in [0.25, 0.3) is 0 Å². The average Bonchev–Trinajstić information content (AvgIpc) is 2.98. The van der Waals surface area contributed by atoms with Crippen molar-refractivity contribution in [2.75, 3.05) is 0 Å². The Morgan fingerprint density at radius 3 is 2.89 bits per heavy atom. The number of hydrogen-bond donors (Lipinski definition) is 0. The fourth-order valence-electron chi connectivity index (χ4n) is 3.94. The van der Waals surface area contributed by atoms with Crippen LogP contribution in [0.15, 0.2) is 36.4 Å². The van der Waals surface area contributed by atoms with E-state index in [0.29, 0.717) is 12.2 Å². The second-order valence-electron chi connectivity index (χ2n) is 5.38. The fourth-order valence-corrected chi connectivity index (χ4v) is 3.94. The van der Waals surface area contributed by atoms with Gasteiger partial charge in [0, 0.05) is 10.5 Å². The van der Waals surface area contributed by atoms with E-state index in [1.165, 1.54) is 0 Å². The summed E-state index contributed by atoms with van der Waals surface area (Å²) in [6.45, 7) is 0. The first-order valence-corrected chi connectivity index (χ1v) is 6.29. The number of para-hydroxylation sites is 1. The molecule has 0 aromatic heterocycles. The SMILES string of the molecule is O=C1Oc2ccccc2[C@H]2[C@@H]3C=C[C@H](C3)[C@@]12[N+](=O)[O-]. The van der Waals surface area contributed by atoms with Crippen molar-refractivity contribution in [2.24, 2.45) is 11.8 Å². The summed E-state index contributed by atoms with van der Waals surface area (Å²) in [6, 6.07) is 7.14. The average molecular weight is 257 g/mol. The zero-order valence-electron chi connectivity index (χ0n) is 9.98. The van der Waals surface area contributed by atoms with Crippen LogP contribution in [-0.2, 0) is 4.79 Å². The van der Waals surface area contributed by atoms with Crippen LogP contribution in [0.1, 0.15) is 17.9 Å². The number of nitro groups is 1. The molecule has 5 nitrogen and oxygen atoms in total. The van der Waals surface area contributed by atoms with Gasteiger partial charge >= 0.3 is 11.5 Å². The molecule has 0 saturated heterocycles. The van der Waals surface area contributed by atoms with E-state index < -0.39 is 22.3 Å². The van der Waals surface area contributed by atoms with Crippen LogP contribution >= 0.6 is 0 Å². The van der Waals surface area contributed by atoms with E-state index in [-0.39, 0.29) is 11.8 Å². The number of fused-ring (bicyclic) bond motifs is 7. The highest BCUT2D eigenvalue weighted by atomic mass is 16.6. The smallest absolute Gasteiger partial charge is 0.391 e. The predicted molar refractivity (Wildman–Crippen MR) is 65.3 cm³/mol. The van der Waals surface area contributed by atoms with Gasteiger partial charge in [-0.25, -0.2) is 4.79 Å². The first-order valence-electron chi connectivity index (χ1n) is 6.29. The van der Waals surface area contributed by atoms with Crippen LogP contribution in [0.4, 0.5) is 0 Å². The highest BCUT2D eigenvalue weighted by Gasteiger charge is 2.73. The third-order valence-corrected chi connectivity index (χ3v) is 4.67. The minimum Gasteiger partial charge on any atom is -0.421 e. The molecule has 2 bridgehead atoms. The standard InChI is InChI=1S/C14H11NO4/c16-13-14(15(17)18)9-6-5-8(7-9)12(14)10-3-1-2-4-11(10)19-13/h1-6,8-9,12H,7H2/t8-,9-,12-,14+/m1/s1. The van der Waals surface area contributed by atoms with E-state index in [0.717, 1.165) is 5.56 Å². The number of hydrogen-bond acceptors (Lipinski definition) is 4. The molecule has 4 rings (SSSR count). The van der Waals surface area contributed by atoms with Crippen LogP contribution < -0.4 is 4.74 Å². The van der Waals surface area contributed by atoms with Crippen LogP contribution in [0.2, 0.25) is 0 Å². The number of allylic oxidation sites excluding steroid dienone is 1. The molecular weight excluding hydrogens is 246 g/mol. The van der Waals surface area contributed by atoms with E-state index in [9.17, 15) is 14.9 Å². The molecule has 1 aliphatic heterocycles. The van der Waals surface area contributed by atoms with Crippen molar-refractivity contribution in [1.29, 1.82) is 0 Å². The zero-order valence-corrected chi connectivity index (χ0v) is 9.98. The van der Waals surface area contributed by atoms with Crippen LogP contribution in [0.5, 0.6) is 5.75 Å². The maximum Gasteiger partial charge on any atom is 0.391 e. The first kappa shape index (κ1) is 10.7. The lowest BCUT2D eigenvalue weighted by atomic mass is 9.71. The third kappa shape index (κ3) is 1.04. The van der Waals surface area contributed by atoms with Gasteiger partial charge in [0.15, 0.2) is 0 Å². The summed E-state index contributed by atoms with van der Waals surface area (Å²) < 4.78 is 5.25. The van der Waals surface area contributed by atoms with Gasteiger partial charge in [-0.2, -0.15) is 0 Å². The van der Waals surface area contributed by atoms with Gasteiger partial charge in [0.1, 0.15) is 5.75 Å². The summed E-state index contributed by atoms with van der Waals surface area (Å²) >= 11 is 0. The Hall–Kier alpha value is -2.17. The Kier molecular flexibility index (Phi) is 1.82. The Morgan fingerprint density at radius 2 is 2.11 bits per heavy atom. The van der Waals surface area contributed by atoms with Gasteiger partial charge in [0.2, 0.25) is 0 Å². The van der Waals surface area contributed by atoms with Gasteiger partial charge < -0.3 is 4.74 Å². The summed E-state index contributed by atoms with van der Waals surface area (Å²) in [5, 5.41) is 11.6. The minimum absolute atomic E-state index is 0.0596. The molecule has 1 fully saturated rings. The molecule has 0 N–H and O–H groups in total. The Bertz CT molecular complexity index is 638. The quantitative estimate of drug-likeness (QED) is 0.253. The highest BCUT2D eigenvalue weighted by molar-refractivity contribution is 5.87. The number of esters is 1. The Morgan fingerprint density at radius 1 is 1.32 bits per heavy atom. The van der Waals surface area contributed by atoms with Gasteiger partial charge in [-0.1, -0.05) is 30.4 Å². The molecule has 5 heteroatoms. The van der Waals surface area contributed by atoms with E-state index in [2.05, 4.69) is 0 Å². The molecule has 4 atom stereocenters. The van der Waals surface area contributed by atoms with Crippen molar-refractivity contribution in [1.82, 2.24) is 0 Å². The van der Waals surface area contributed by atoms with Crippen LogP contribution in [0, 0.1) is 22.0 Å². The number of carbonyl (C=O) groups excluding carboxylic acids is 1. The molecule has 96 valence electrons. The predicted octanol–water partition coefficient (Wildman–Crippen LogP) is 1.91. The van der Waals surface area contributed by atoms with Gasteiger partial charge in [-0.15, -0.1) is 0 Å². The molecule has 1 aromatic rings. The number of benzene rings is 1. The topological polar surface area (TPSA) is 69.4 Å². The second-order valence-corrected chi connectivity index (χ2v) is 5.38. The summed E-state index contributed by atoms with van der Waals surface area (Å²) in [6.07, 6.45) is 4.47. The van der Waals surface area contributed by atoms with Crippen molar-refractivity contribution in [3.8, 4) is 5.75 Å². The summed E-state index contributed by atoms with van der Waals surface area (Å²) in [7, 11) is 0. The van der Waals surface area contributed by atoms with Crippen molar-refractivity contribution >= 4 is 5.97 Å². The fraction of sp³-hybridized carbons (Fsp3) is 0.357. The van der Waals surface area contributed by atoms with Crippen molar-refractivity contribution in [2.45, 2.75) is 17.9 Å². The second kappa shape index (κ2) is 3.23. The zero-order chi connectivity index (χ0) is 13.2. The molecule has 0 amide bonds. The lowest BCUT2D eigenvalue weighted by Gasteiger charge is -2.36. The summed E-state index contributed by atoms with van der Waals surface area (Å²) in [4.78, 5) is 23.5. The van der Waals surface area contributed by atoms with Gasteiger partial charge in [0.25, 0.3) is 0 Å². The minimum atomic E-state index is -1.62. The Balaban J connectivity index is 2.01. The lowest BCUT2D eigenvalue weighted by Crippen LogP contribution is -2.58.